The number of nitrogens with zero attached hydrogens (tertiary/aromatic N) is 2. The lowest BCUT2D eigenvalue weighted by Gasteiger charge is -2.28. The van der Waals surface area contributed by atoms with Crippen molar-refractivity contribution in [2.45, 2.75) is 46.7 Å². The Balaban J connectivity index is 0.00000200. The molecule has 2 heterocycles. The summed E-state index contributed by atoms with van der Waals surface area (Å²) < 4.78 is 0. The number of rotatable bonds is 4. The third kappa shape index (κ3) is 3.52. The molecule has 114 valence electrons. The molecule has 1 aliphatic rings. The van der Waals surface area contributed by atoms with Crippen LogP contribution in [0.25, 0.3) is 0 Å². The summed E-state index contributed by atoms with van der Waals surface area (Å²) in [6.07, 6.45) is 0.918. The Kier molecular flexibility index (Phi) is 6.02. The van der Waals surface area contributed by atoms with Gasteiger partial charge in [0.05, 0.1) is 0 Å². The first-order valence-corrected chi connectivity index (χ1v) is 7.08. The van der Waals surface area contributed by atoms with Gasteiger partial charge in [-0.3, -0.25) is 9.89 Å². The molecule has 0 atom stereocenters. The Morgan fingerprint density at radius 1 is 1.35 bits per heavy atom. The number of H-pyrrole nitrogens is 1. The van der Waals surface area contributed by atoms with E-state index in [4.69, 9.17) is 0 Å². The summed E-state index contributed by atoms with van der Waals surface area (Å²) in [4.78, 5) is 14.6. The van der Waals surface area contributed by atoms with Crippen LogP contribution in [0.2, 0.25) is 0 Å². The van der Waals surface area contributed by atoms with E-state index in [1.807, 2.05) is 4.90 Å². The molecule has 2 N–H and O–H groups in total. The van der Waals surface area contributed by atoms with Crippen LogP contribution in [0.15, 0.2) is 0 Å². The summed E-state index contributed by atoms with van der Waals surface area (Å²) in [7, 11) is 0. The van der Waals surface area contributed by atoms with Crippen molar-refractivity contribution in [2.24, 2.45) is 5.92 Å². The van der Waals surface area contributed by atoms with Gasteiger partial charge >= 0.3 is 0 Å². The normalized spacial score (nSPS) is 14.1. The van der Waals surface area contributed by atoms with Crippen LogP contribution in [0.1, 0.15) is 49.4 Å². The van der Waals surface area contributed by atoms with E-state index >= 15 is 0 Å². The lowest BCUT2D eigenvalue weighted by atomic mass is 10.1. The van der Waals surface area contributed by atoms with Crippen LogP contribution in [0.5, 0.6) is 0 Å². The summed E-state index contributed by atoms with van der Waals surface area (Å²) in [5.74, 6) is 0.504. The molecule has 1 amide bonds. The van der Waals surface area contributed by atoms with Gasteiger partial charge in [0, 0.05) is 43.4 Å². The van der Waals surface area contributed by atoms with E-state index in [1.54, 1.807) is 0 Å². The zero-order valence-electron chi connectivity index (χ0n) is 12.7. The van der Waals surface area contributed by atoms with Crippen molar-refractivity contribution < 1.29 is 4.79 Å². The molecular weight excluding hydrogens is 276 g/mol. The van der Waals surface area contributed by atoms with Crippen LogP contribution in [-0.4, -0.2) is 40.1 Å². The van der Waals surface area contributed by atoms with Crippen molar-refractivity contribution >= 4 is 18.3 Å². The lowest BCUT2D eigenvalue weighted by molar-refractivity contribution is 0.0674. The molecule has 0 aliphatic carbocycles. The number of nitrogens with one attached hydrogen (secondary N) is 2. The van der Waals surface area contributed by atoms with Crippen LogP contribution in [0.3, 0.4) is 0 Å². The number of carbonyl (C=O) groups is 1. The first kappa shape index (κ1) is 17.0. The number of halogens is 1. The quantitative estimate of drug-likeness (QED) is 0.894. The van der Waals surface area contributed by atoms with Crippen molar-refractivity contribution in [3.05, 3.63) is 17.0 Å². The summed E-state index contributed by atoms with van der Waals surface area (Å²) in [5.41, 5.74) is 2.75. The third-order valence-corrected chi connectivity index (χ3v) is 3.45. The standard InChI is InChI=1S/C14H24N4O.ClH/c1-9(2)8-18(10(3)4)14(19)13-11-7-15-6-5-12(11)16-17-13;/h9-10,15H,5-8H2,1-4H3,(H,16,17);1H. The molecule has 1 aliphatic heterocycles. The highest BCUT2D eigenvalue weighted by molar-refractivity contribution is 5.94. The molecular formula is C14H25ClN4O. The molecule has 0 spiro atoms. The SMILES string of the molecule is CC(C)CN(C(=O)c1n[nH]c2c1CNCC2)C(C)C.Cl. The van der Waals surface area contributed by atoms with E-state index in [0.29, 0.717) is 11.6 Å². The van der Waals surface area contributed by atoms with E-state index in [9.17, 15) is 4.79 Å². The van der Waals surface area contributed by atoms with Crippen molar-refractivity contribution in [1.82, 2.24) is 20.4 Å². The van der Waals surface area contributed by atoms with Crippen LogP contribution in [-0.2, 0) is 13.0 Å². The summed E-state index contributed by atoms with van der Waals surface area (Å²) in [6.45, 7) is 10.8. The number of aromatic amines is 1. The van der Waals surface area contributed by atoms with Gasteiger partial charge in [-0.25, -0.2) is 0 Å². The smallest absolute Gasteiger partial charge is 0.274 e. The minimum Gasteiger partial charge on any atom is -0.335 e. The van der Waals surface area contributed by atoms with Crippen molar-refractivity contribution in [2.75, 3.05) is 13.1 Å². The maximum absolute atomic E-state index is 12.7. The highest BCUT2D eigenvalue weighted by Gasteiger charge is 2.27. The fraction of sp³-hybridized carbons (Fsp3) is 0.714. The maximum Gasteiger partial charge on any atom is 0.274 e. The van der Waals surface area contributed by atoms with Gasteiger partial charge in [-0.15, -0.1) is 12.4 Å². The second-order valence-electron chi connectivity index (χ2n) is 5.90. The number of fused-ring (bicyclic) bond motifs is 1. The monoisotopic (exact) mass is 300 g/mol. The van der Waals surface area contributed by atoms with Gasteiger partial charge < -0.3 is 10.2 Å². The number of aromatic nitrogens is 2. The molecule has 0 bridgehead atoms. The fourth-order valence-corrected chi connectivity index (χ4v) is 2.46. The van der Waals surface area contributed by atoms with Gasteiger partial charge in [0.15, 0.2) is 5.69 Å². The maximum atomic E-state index is 12.7. The van der Waals surface area contributed by atoms with Gasteiger partial charge in [-0.2, -0.15) is 5.10 Å². The highest BCUT2D eigenvalue weighted by Crippen LogP contribution is 2.18. The van der Waals surface area contributed by atoms with Gasteiger partial charge in [0.1, 0.15) is 0 Å². The molecule has 0 aromatic carbocycles. The van der Waals surface area contributed by atoms with Gasteiger partial charge in [-0.1, -0.05) is 13.8 Å². The summed E-state index contributed by atoms with van der Waals surface area (Å²) >= 11 is 0. The summed E-state index contributed by atoms with van der Waals surface area (Å²) in [6, 6.07) is 0.193. The number of hydrogen-bond donors (Lipinski definition) is 2. The molecule has 0 fully saturated rings. The Labute approximate surface area is 126 Å². The van der Waals surface area contributed by atoms with Gasteiger partial charge in [0.2, 0.25) is 0 Å². The Bertz CT molecular complexity index is 456. The van der Waals surface area contributed by atoms with Crippen molar-refractivity contribution in [1.29, 1.82) is 0 Å². The average Bonchev–Trinajstić information content (AvgIpc) is 2.78. The third-order valence-electron chi connectivity index (χ3n) is 3.45. The Morgan fingerprint density at radius 2 is 2.05 bits per heavy atom. The second kappa shape index (κ2) is 7.09. The zero-order valence-corrected chi connectivity index (χ0v) is 13.5. The molecule has 6 heteroatoms. The van der Waals surface area contributed by atoms with Crippen LogP contribution < -0.4 is 5.32 Å². The Hall–Kier alpha value is -1.07. The number of carbonyl (C=O) groups excluding carboxylic acids is 1. The molecule has 0 saturated heterocycles. The molecule has 0 unspecified atom stereocenters. The zero-order chi connectivity index (χ0) is 14.0. The Morgan fingerprint density at radius 3 is 2.65 bits per heavy atom. The topological polar surface area (TPSA) is 61.0 Å². The molecule has 5 nitrogen and oxygen atoms in total. The average molecular weight is 301 g/mol. The van der Waals surface area contributed by atoms with E-state index in [2.05, 4.69) is 43.2 Å². The van der Waals surface area contributed by atoms with Gasteiger partial charge in [-0.05, 0) is 19.8 Å². The van der Waals surface area contributed by atoms with Crippen LogP contribution in [0.4, 0.5) is 0 Å². The largest absolute Gasteiger partial charge is 0.335 e. The first-order valence-electron chi connectivity index (χ1n) is 7.08. The molecule has 0 radical (unpaired) electrons. The van der Waals surface area contributed by atoms with E-state index < -0.39 is 0 Å². The molecule has 1 aromatic heterocycles. The first-order chi connectivity index (χ1) is 9.00. The molecule has 1 aromatic rings. The minimum atomic E-state index is 0. The second-order valence-corrected chi connectivity index (χ2v) is 5.90. The summed E-state index contributed by atoms with van der Waals surface area (Å²) in [5, 5.41) is 10.6. The van der Waals surface area contributed by atoms with Crippen LogP contribution >= 0.6 is 12.4 Å². The van der Waals surface area contributed by atoms with E-state index in [-0.39, 0.29) is 24.4 Å². The fourth-order valence-electron chi connectivity index (χ4n) is 2.46. The van der Waals surface area contributed by atoms with Crippen molar-refractivity contribution in [3.63, 3.8) is 0 Å². The highest BCUT2D eigenvalue weighted by atomic mass is 35.5. The molecule has 2 rings (SSSR count). The molecule has 0 saturated carbocycles. The van der Waals surface area contributed by atoms with E-state index in [1.165, 1.54) is 0 Å². The van der Waals surface area contributed by atoms with Gasteiger partial charge in [0.25, 0.3) is 5.91 Å². The van der Waals surface area contributed by atoms with Crippen molar-refractivity contribution in [3.8, 4) is 0 Å². The number of hydrogen-bond acceptors (Lipinski definition) is 3. The lowest BCUT2D eigenvalue weighted by Crippen LogP contribution is -2.40. The minimum absolute atomic E-state index is 0. The predicted octanol–water partition coefficient (Wildman–Crippen LogP) is 1.98. The predicted molar refractivity (Wildman–Crippen MR) is 82.3 cm³/mol. The number of amides is 1. The van der Waals surface area contributed by atoms with Crippen LogP contribution in [0, 0.1) is 5.92 Å². The molecule has 20 heavy (non-hydrogen) atoms. The van der Waals surface area contributed by atoms with E-state index in [0.717, 1.165) is 37.3 Å².